The quantitative estimate of drug-likeness (QED) is 0.405. The molecule has 0 aliphatic carbocycles. The van der Waals surface area contributed by atoms with Crippen molar-refractivity contribution in [3.05, 3.63) is 75.1 Å². The fourth-order valence-corrected chi connectivity index (χ4v) is 3.05. The van der Waals surface area contributed by atoms with Crippen molar-refractivity contribution in [2.45, 2.75) is 19.9 Å². The number of benzene rings is 2. The number of anilines is 1. The smallest absolute Gasteiger partial charge is 0.354 e. The summed E-state index contributed by atoms with van der Waals surface area (Å²) in [6.45, 7) is 3.23. The van der Waals surface area contributed by atoms with Crippen LogP contribution in [0.3, 0.4) is 0 Å². The summed E-state index contributed by atoms with van der Waals surface area (Å²) in [7, 11) is 0. The summed E-state index contributed by atoms with van der Waals surface area (Å²) in [5.74, 6) is -1.27. The number of rotatable bonds is 7. The first-order valence-electron chi connectivity index (χ1n) is 8.97. The highest BCUT2D eigenvalue weighted by Gasteiger charge is 2.22. The van der Waals surface area contributed by atoms with E-state index in [9.17, 15) is 24.8 Å². The van der Waals surface area contributed by atoms with Crippen LogP contribution in [0.2, 0.25) is 5.02 Å². The largest absolute Gasteiger partial charge is 0.477 e. The van der Waals surface area contributed by atoms with E-state index in [-0.39, 0.29) is 22.8 Å². The number of hydrogen-bond donors (Lipinski definition) is 2. The molecule has 0 spiro atoms. The van der Waals surface area contributed by atoms with Crippen LogP contribution in [0.4, 0.5) is 11.4 Å². The molecule has 1 aromatic heterocycles. The lowest BCUT2D eigenvalue weighted by molar-refractivity contribution is -0.384. The number of halogens is 1. The van der Waals surface area contributed by atoms with Crippen LogP contribution in [0.25, 0.3) is 0 Å². The first-order valence-corrected chi connectivity index (χ1v) is 9.34. The van der Waals surface area contributed by atoms with Crippen molar-refractivity contribution in [1.82, 2.24) is 9.78 Å². The predicted octanol–water partition coefficient (Wildman–Crippen LogP) is 4.44. The van der Waals surface area contributed by atoms with Gasteiger partial charge in [0.1, 0.15) is 23.2 Å². The number of nitro benzene ring substituents is 1. The number of amides is 1. The van der Waals surface area contributed by atoms with Crippen molar-refractivity contribution < 1.29 is 24.4 Å². The van der Waals surface area contributed by atoms with E-state index in [0.717, 1.165) is 10.2 Å². The van der Waals surface area contributed by atoms with E-state index >= 15 is 0 Å². The van der Waals surface area contributed by atoms with Crippen molar-refractivity contribution in [3.63, 3.8) is 0 Å². The van der Waals surface area contributed by atoms with Gasteiger partial charge in [-0.15, -0.1) is 0 Å². The van der Waals surface area contributed by atoms with E-state index in [2.05, 4.69) is 10.4 Å². The number of non-ortho nitro benzene ring substituents is 1. The standard InChI is InChI=1S/C20H17ClN4O6/c1-11-7-13(21)3-4-18(11)31-16-9-14(8-15(10-16)25(29)30)23-19(26)12(2)24-17(20(27)28)5-6-22-24/h3-10,12H,1-2H3,(H,23,26)(H,27,28). The summed E-state index contributed by atoms with van der Waals surface area (Å²) in [6.07, 6.45) is 1.26. The van der Waals surface area contributed by atoms with Crippen molar-refractivity contribution >= 4 is 34.9 Å². The Bertz CT molecular complexity index is 1180. The minimum Gasteiger partial charge on any atom is -0.477 e. The number of nitrogens with one attached hydrogen (secondary N) is 1. The second kappa shape index (κ2) is 8.84. The summed E-state index contributed by atoms with van der Waals surface area (Å²) in [5.41, 5.74) is 0.371. The van der Waals surface area contributed by atoms with E-state index < -0.39 is 22.8 Å². The normalized spacial score (nSPS) is 11.6. The molecular weight excluding hydrogens is 428 g/mol. The highest BCUT2D eigenvalue weighted by molar-refractivity contribution is 6.30. The third-order valence-corrected chi connectivity index (χ3v) is 4.61. The number of aromatic nitrogens is 2. The van der Waals surface area contributed by atoms with Crippen LogP contribution in [-0.4, -0.2) is 31.7 Å². The van der Waals surface area contributed by atoms with Gasteiger partial charge in [-0.05, 0) is 43.7 Å². The molecule has 1 unspecified atom stereocenters. The van der Waals surface area contributed by atoms with Crippen LogP contribution in [0.15, 0.2) is 48.7 Å². The maximum Gasteiger partial charge on any atom is 0.354 e. The van der Waals surface area contributed by atoms with Crippen LogP contribution < -0.4 is 10.1 Å². The number of aryl methyl sites for hydroxylation is 1. The van der Waals surface area contributed by atoms with Gasteiger partial charge in [0.15, 0.2) is 0 Å². The Labute approximate surface area is 181 Å². The molecule has 2 aromatic carbocycles. The molecule has 10 nitrogen and oxygen atoms in total. The van der Waals surface area contributed by atoms with Crippen molar-refractivity contribution in [1.29, 1.82) is 0 Å². The molecule has 0 saturated carbocycles. The van der Waals surface area contributed by atoms with Crippen LogP contribution >= 0.6 is 11.6 Å². The third-order valence-electron chi connectivity index (χ3n) is 4.37. The molecule has 0 fully saturated rings. The molecule has 2 N–H and O–H groups in total. The van der Waals surface area contributed by atoms with Gasteiger partial charge in [-0.3, -0.25) is 14.9 Å². The minimum atomic E-state index is -1.23. The average Bonchev–Trinajstić information content (AvgIpc) is 3.19. The van der Waals surface area contributed by atoms with E-state index in [1.165, 1.54) is 37.4 Å². The number of carbonyl (C=O) groups is 2. The molecule has 1 atom stereocenters. The van der Waals surface area contributed by atoms with E-state index in [0.29, 0.717) is 10.8 Å². The van der Waals surface area contributed by atoms with Gasteiger partial charge in [-0.1, -0.05) is 11.6 Å². The Morgan fingerprint density at radius 1 is 1.26 bits per heavy atom. The molecule has 1 amide bonds. The Kier molecular flexibility index (Phi) is 6.21. The molecule has 11 heteroatoms. The van der Waals surface area contributed by atoms with Gasteiger partial charge in [-0.25, -0.2) is 9.48 Å². The molecular formula is C20H17ClN4O6. The fourth-order valence-electron chi connectivity index (χ4n) is 2.82. The average molecular weight is 445 g/mol. The Balaban J connectivity index is 1.88. The summed E-state index contributed by atoms with van der Waals surface area (Å²) in [4.78, 5) is 34.6. The van der Waals surface area contributed by atoms with Gasteiger partial charge in [0, 0.05) is 23.4 Å². The topological polar surface area (TPSA) is 137 Å². The molecule has 0 radical (unpaired) electrons. The number of nitrogens with zero attached hydrogens (tertiary/aromatic N) is 3. The van der Waals surface area contributed by atoms with Gasteiger partial charge < -0.3 is 15.2 Å². The Morgan fingerprint density at radius 2 is 2.00 bits per heavy atom. The maximum absolute atomic E-state index is 12.6. The van der Waals surface area contributed by atoms with Gasteiger partial charge >= 0.3 is 5.97 Å². The number of nitro groups is 1. The van der Waals surface area contributed by atoms with E-state index in [4.69, 9.17) is 16.3 Å². The highest BCUT2D eigenvalue weighted by atomic mass is 35.5. The van der Waals surface area contributed by atoms with Crippen LogP contribution in [0.1, 0.15) is 29.0 Å². The lowest BCUT2D eigenvalue weighted by Gasteiger charge is -2.15. The van der Waals surface area contributed by atoms with Crippen molar-refractivity contribution in [2.24, 2.45) is 0 Å². The van der Waals surface area contributed by atoms with Gasteiger partial charge in [0.05, 0.1) is 16.7 Å². The molecule has 1 heterocycles. The Morgan fingerprint density at radius 3 is 2.65 bits per heavy atom. The minimum absolute atomic E-state index is 0.108. The first-order chi connectivity index (χ1) is 14.7. The van der Waals surface area contributed by atoms with E-state index in [1.807, 2.05) is 0 Å². The Hall–Kier alpha value is -3.92. The molecule has 0 bridgehead atoms. The second-order valence-corrected chi connectivity index (χ2v) is 7.05. The predicted molar refractivity (Wildman–Crippen MR) is 112 cm³/mol. The number of carboxylic acids is 1. The van der Waals surface area contributed by atoms with Crippen LogP contribution in [-0.2, 0) is 4.79 Å². The first kappa shape index (κ1) is 21.8. The lowest BCUT2D eigenvalue weighted by atomic mass is 10.2. The van der Waals surface area contributed by atoms with E-state index in [1.54, 1.807) is 25.1 Å². The number of aromatic carboxylic acids is 1. The van der Waals surface area contributed by atoms with Gasteiger partial charge in [-0.2, -0.15) is 5.10 Å². The molecule has 0 aliphatic rings. The SMILES string of the molecule is Cc1cc(Cl)ccc1Oc1cc(NC(=O)C(C)n2nccc2C(=O)O)cc([N+](=O)[O-])c1. The number of hydrogen-bond acceptors (Lipinski definition) is 6. The molecule has 31 heavy (non-hydrogen) atoms. The molecule has 0 aliphatic heterocycles. The maximum atomic E-state index is 12.6. The van der Waals surface area contributed by atoms with Crippen LogP contribution in [0.5, 0.6) is 11.5 Å². The summed E-state index contributed by atoms with van der Waals surface area (Å²) < 4.78 is 6.80. The van der Waals surface area contributed by atoms with Gasteiger partial charge in [0.2, 0.25) is 5.91 Å². The molecule has 0 saturated heterocycles. The summed E-state index contributed by atoms with van der Waals surface area (Å²) >= 11 is 5.94. The fraction of sp³-hybridized carbons (Fsp3) is 0.150. The summed E-state index contributed by atoms with van der Waals surface area (Å²) in [5, 5.41) is 27.5. The third kappa shape index (κ3) is 4.98. The lowest BCUT2D eigenvalue weighted by Crippen LogP contribution is -2.26. The highest BCUT2D eigenvalue weighted by Crippen LogP contribution is 2.32. The van der Waals surface area contributed by atoms with Gasteiger partial charge in [0.25, 0.3) is 5.69 Å². The summed E-state index contributed by atoms with van der Waals surface area (Å²) in [6, 6.07) is 9.03. The monoisotopic (exact) mass is 444 g/mol. The number of carboxylic acid groups (broad SMARTS) is 1. The number of carbonyl (C=O) groups excluding carboxylic acids is 1. The molecule has 3 rings (SSSR count). The zero-order valence-electron chi connectivity index (χ0n) is 16.4. The van der Waals surface area contributed by atoms with Crippen molar-refractivity contribution in [2.75, 3.05) is 5.32 Å². The zero-order chi connectivity index (χ0) is 22.7. The molecule has 160 valence electrons. The number of ether oxygens (including phenoxy) is 1. The second-order valence-electron chi connectivity index (χ2n) is 6.62. The zero-order valence-corrected chi connectivity index (χ0v) is 17.2. The van der Waals surface area contributed by atoms with Crippen molar-refractivity contribution in [3.8, 4) is 11.5 Å². The molecule has 3 aromatic rings. The van der Waals surface area contributed by atoms with Crippen LogP contribution in [0, 0.1) is 17.0 Å².